The van der Waals surface area contributed by atoms with E-state index in [0.717, 1.165) is 29.7 Å². The number of hydrogen-bond acceptors (Lipinski definition) is 5. The molecular formula is C25H30FN5O3. The Morgan fingerprint density at radius 1 is 1.24 bits per heavy atom. The number of carbonyl (C=O) groups is 3. The summed E-state index contributed by atoms with van der Waals surface area (Å²) in [5.41, 5.74) is 1.46. The van der Waals surface area contributed by atoms with Gasteiger partial charge in [-0.05, 0) is 55.9 Å². The summed E-state index contributed by atoms with van der Waals surface area (Å²) in [7, 11) is 0. The summed E-state index contributed by atoms with van der Waals surface area (Å²) in [5.74, 6) is -0.847. The highest BCUT2D eigenvalue weighted by Crippen LogP contribution is 2.46. The van der Waals surface area contributed by atoms with Crippen molar-refractivity contribution < 1.29 is 18.8 Å². The van der Waals surface area contributed by atoms with Gasteiger partial charge < -0.3 is 15.1 Å². The number of benzene rings is 1. The Kier molecular flexibility index (Phi) is 5.65. The number of aromatic nitrogens is 2. The number of amides is 2. The van der Waals surface area contributed by atoms with Gasteiger partial charge in [-0.1, -0.05) is 6.92 Å². The van der Waals surface area contributed by atoms with E-state index in [2.05, 4.69) is 20.4 Å². The molecule has 2 N–H and O–H groups in total. The van der Waals surface area contributed by atoms with E-state index in [9.17, 15) is 18.8 Å². The van der Waals surface area contributed by atoms with Gasteiger partial charge in [0.25, 0.3) is 0 Å². The molecule has 0 bridgehead atoms. The number of ketones is 1. The molecule has 2 aromatic rings. The number of hydrogen-bond donors (Lipinski definition) is 2. The minimum absolute atomic E-state index is 0.00111. The third kappa shape index (κ3) is 4.08. The molecule has 180 valence electrons. The van der Waals surface area contributed by atoms with Crippen molar-refractivity contribution >= 4 is 23.3 Å². The maximum Gasteiger partial charge on any atom is 0.228 e. The molecule has 3 heterocycles. The molecule has 1 aromatic heterocycles. The van der Waals surface area contributed by atoms with Gasteiger partial charge in [-0.2, -0.15) is 5.10 Å². The van der Waals surface area contributed by atoms with Crippen LogP contribution in [0.3, 0.4) is 0 Å². The third-order valence-electron chi connectivity index (χ3n) is 7.49. The monoisotopic (exact) mass is 467 g/mol. The lowest BCUT2D eigenvalue weighted by atomic mass is 9.81. The number of anilines is 1. The Balaban J connectivity index is 1.26. The van der Waals surface area contributed by atoms with Crippen LogP contribution in [0.2, 0.25) is 0 Å². The van der Waals surface area contributed by atoms with Crippen LogP contribution in [0, 0.1) is 17.7 Å². The summed E-state index contributed by atoms with van der Waals surface area (Å²) < 4.78 is 14.4. The van der Waals surface area contributed by atoms with Crippen molar-refractivity contribution in [3.8, 4) is 11.1 Å². The molecule has 5 rings (SSSR count). The lowest BCUT2D eigenvalue weighted by Crippen LogP contribution is -2.56. The molecule has 0 radical (unpaired) electrons. The molecule has 2 saturated heterocycles. The molecule has 2 aliphatic heterocycles. The average molecular weight is 468 g/mol. The van der Waals surface area contributed by atoms with Gasteiger partial charge in [0.2, 0.25) is 11.8 Å². The second-order valence-electron chi connectivity index (χ2n) is 10.0. The summed E-state index contributed by atoms with van der Waals surface area (Å²) >= 11 is 0. The van der Waals surface area contributed by atoms with E-state index in [1.807, 2.05) is 24.8 Å². The van der Waals surface area contributed by atoms with Crippen LogP contribution in [0.25, 0.3) is 11.1 Å². The van der Waals surface area contributed by atoms with Gasteiger partial charge in [-0.25, -0.2) is 4.39 Å². The first-order chi connectivity index (χ1) is 16.3. The van der Waals surface area contributed by atoms with Crippen molar-refractivity contribution in [2.24, 2.45) is 11.8 Å². The van der Waals surface area contributed by atoms with Crippen molar-refractivity contribution in [1.82, 2.24) is 20.4 Å². The Labute approximate surface area is 197 Å². The lowest BCUT2D eigenvalue weighted by molar-refractivity contribution is -0.137. The zero-order valence-corrected chi connectivity index (χ0v) is 19.5. The second kappa shape index (κ2) is 8.52. The van der Waals surface area contributed by atoms with Crippen LogP contribution in [-0.2, 0) is 14.4 Å². The van der Waals surface area contributed by atoms with Gasteiger partial charge in [-0.3, -0.25) is 19.5 Å². The van der Waals surface area contributed by atoms with E-state index in [-0.39, 0.29) is 47.7 Å². The summed E-state index contributed by atoms with van der Waals surface area (Å²) in [5, 5.41) is 9.62. The molecule has 0 spiro atoms. The van der Waals surface area contributed by atoms with E-state index in [1.54, 1.807) is 12.4 Å². The van der Waals surface area contributed by atoms with Crippen LogP contribution in [0.5, 0.6) is 0 Å². The molecule has 1 aromatic carbocycles. The van der Waals surface area contributed by atoms with Crippen LogP contribution in [0.15, 0.2) is 30.6 Å². The molecule has 3 atom stereocenters. The Bertz CT molecular complexity index is 1120. The summed E-state index contributed by atoms with van der Waals surface area (Å²) in [6, 6.07) is 4.94. The number of piperazine rings is 1. The maximum atomic E-state index is 14.4. The largest absolute Gasteiger partial charge is 0.365 e. The molecule has 3 fully saturated rings. The zero-order chi connectivity index (χ0) is 24.0. The molecule has 34 heavy (non-hydrogen) atoms. The summed E-state index contributed by atoms with van der Waals surface area (Å²) in [6.07, 6.45) is 5.49. The first kappa shape index (κ1) is 22.6. The second-order valence-corrected chi connectivity index (χ2v) is 10.0. The van der Waals surface area contributed by atoms with E-state index in [4.69, 9.17) is 0 Å². The topological polar surface area (TPSA) is 98.4 Å². The van der Waals surface area contributed by atoms with E-state index in [0.29, 0.717) is 26.1 Å². The molecule has 0 unspecified atom stereocenters. The van der Waals surface area contributed by atoms with E-state index < -0.39 is 5.54 Å². The van der Waals surface area contributed by atoms with Crippen LogP contribution in [0.4, 0.5) is 10.1 Å². The third-order valence-corrected chi connectivity index (χ3v) is 7.49. The molecule has 1 aliphatic carbocycles. The molecular weight excluding hydrogens is 437 g/mol. The van der Waals surface area contributed by atoms with Crippen molar-refractivity contribution in [3.05, 3.63) is 36.4 Å². The highest BCUT2D eigenvalue weighted by Gasteiger charge is 2.56. The first-order valence-corrected chi connectivity index (χ1v) is 12.0. The quantitative estimate of drug-likeness (QED) is 0.637. The van der Waals surface area contributed by atoms with Crippen molar-refractivity contribution in [2.45, 2.75) is 51.1 Å². The first-order valence-electron chi connectivity index (χ1n) is 12.0. The maximum absolute atomic E-state index is 14.4. The Hall–Kier alpha value is -3.23. The molecule has 1 saturated carbocycles. The van der Waals surface area contributed by atoms with Gasteiger partial charge in [0.1, 0.15) is 11.4 Å². The smallest absolute Gasteiger partial charge is 0.228 e. The van der Waals surface area contributed by atoms with Crippen LogP contribution in [-0.4, -0.2) is 63.9 Å². The van der Waals surface area contributed by atoms with Crippen LogP contribution >= 0.6 is 0 Å². The lowest BCUT2D eigenvalue weighted by Gasteiger charge is -2.42. The molecule has 3 aliphatic rings. The number of nitrogens with zero attached hydrogens (tertiary/aromatic N) is 3. The SMILES string of the molecule is C[C@H](C[C@]1(C2CC2)NC(=O)CC1=O)C(=O)N1CCN(c2cc(F)cc(-c3cn[nH]c3)c2)[C@@H](C)C1. The molecule has 2 amide bonds. The average Bonchev–Trinajstić information content (AvgIpc) is 3.43. The fraction of sp³-hybridized carbons (Fsp3) is 0.520. The Morgan fingerprint density at radius 3 is 2.65 bits per heavy atom. The standard InChI is InChI=1S/C25H30FN5O3/c1-15(11-25(19-3-4-19)22(32)10-23(33)29-25)24(34)30-5-6-31(16(2)14-30)21-8-17(7-20(26)9-21)18-12-27-28-13-18/h7-9,12-13,15-16,19H,3-6,10-11,14H2,1-2H3,(H,27,28)(H,29,33)/t15-,16+,25-/m1/s1. The highest BCUT2D eigenvalue weighted by atomic mass is 19.1. The zero-order valence-electron chi connectivity index (χ0n) is 19.5. The van der Waals surface area contributed by atoms with Crippen LogP contribution in [0.1, 0.15) is 39.5 Å². The minimum atomic E-state index is -0.870. The van der Waals surface area contributed by atoms with Gasteiger partial charge >= 0.3 is 0 Å². The van der Waals surface area contributed by atoms with Crippen molar-refractivity contribution in [3.63, 3.8) is 0 Å². The molecule has 8 nitrogen and oxygen atoms in total. The highest BCUT2D eigenvalue weighted by molar-refractivity contribution is 6.10. The Morgan fingerprint density at radius 2 is 2.03 bits per heavy atom. The number of nitrogens with one attached hydrogen (secondary N) is 2. The number of carbonyl (C=O) groups excluding carboxylic acids is 3. The van der Waals surface area contributed by atoms with Gasteiger partial charge in [0, 0.05) is 49.0 Å². The number of Topliss-reactive ketones (excluding diaryl/α,β-unsaturated/α-hetero) is 1. The number of halogens is 1. The fourth-order valence-corrected chi connectivity index (χ4v) is 5.64. The predicted molar refractivity (Wildman–Crippen MR) is 124 cm³/mol. The van der Waals surface area contributed by atoms with Crippen molar-refractivity contribution in [1.29, 1.82) is 0 Å². The van der Waals surface area contributed by atoms with Crippen molar-refractivity contribution in [2.75, 3.05) is 24.5 Å². The predicted octanol–water partition coefficient (Wildman–Crippen LogP) is 2.52. The molecule has 9 heteroatoms. The summed E-state index contributed by atoms with van der Waals surface area (Å²) in [6.45, 7) is 5.49. The number of rotatable bonds is 6. The van der Waals surface area contributed by atoms with Crippen LogP contribution < -0.4 is 10.2 Å². The van der Waals surface area contributed by atoms with Gasteiger partial charge in [-0.15, -0.1) is 0 Å². The summed E-state index contributed by atoms with van der Waals surface area (Å²) in [4.78, 5) is 41.9. The number of aromatic amines is 1. The van der Waals surface area contributed by atoms with Gasteiger partial charge in [0.05, 0.1) is 12.6 Å². The van der Waals surface area contributed by atoms with E-state index >= 15 is 0 Å². The fourth-order valence-electron chi connectivity index (χ4n) is 5.64. The van der Waals surface area contributed by atoms with Gasteiger partial charge in [0.15, 0.2) is 5.78 Å². The number of H-pyrrole nitrogens is 1. The normalized spacial score (nSPS) is 26.0. The van der Waals surface area contributed by atoms with E-state index in [1.165, 1.54) is 12.1 Å². The minimum Gasteiger partial charge on any atom is -0.365 e.